The molecule has 0 radical (unpaired) electrons. The minimum absolute atomic E-state index is 0.166. The molecule has 0 saturated carbocycles. The van der Waals surface area contributed by atoms with Gasteiger partial charge < -0.3 is 9.64 Å². The molecule has 2 aromatic rings. The van der Waals surface area contributed by atoms with Crippen LogP contribution in [0.2, 0.25) is 0 Å². The maximum absolute atomic E-state index is 12.3. The molecule has 2 aromatic carbocycles. The molecule has 1 unspecified atom stereocenters. The van der Waals surface area contributed by atoms with Crippen LogP contribution < -0.4 is 0 Å². The molecule has 1 amide bonds. The van der Waals surface area contributed by atoms with Crippen LogP contribution in [0.3, 0.4) is 0 Å². The number of hydrogen-bond donors (Lipinski definition) is 0. The highest BCUT2D eigenvalue weighted by Crippen LogP contribution is 2.21. The Morgan fingerprint density at radius 3 is 2.19 bits per heavy atom. The second-order valence-corrected chi connectivity index (χ2v) is 7.23. The standard InChI is InChI=1S/C23H30N2O2/c1-2-16-27-23(26)24-15-9-14-22(19-24)25(17-20-10-5-3-6-11-20)18-21-12-7-4-8-13-21/h3-8,10-13,22H,2,9,14-19H2,1H3. The van der Waals surface area contributed by atoms with E-state index in [1.165, 1.54) is 11.1 Å². The largest absolute Gasteiger partial charge is 0.449 e. The van der Waals surface area contributed by atoms with Crippen LogP contribution in [0.5, 0.6) is 0 Å². The van der Waals surface area contributed by atoms with Crippen LogP contribution in [0.4, 0.5) is 4.79 Å². The predicted molar refractivity (Wildman–Crippen MR) is 108 cm³/mol. The predicted octanol–water partition coefficient (Wildman–Crippen LogP) is 4.70. The fourth-order valence-electron chi connectivity index (χ4n) is 3.65. The van der Waals surface area contributed by atoms with Gasteiger partial charge in [-0.15, -0.1) is 0 Å². The van der Waals surface area contributed by atoms with Crippen molar-refractivity contribution in [2.45, 2.75) is 45.3 Å². The van der Waals surface area contributed by atoms with Gasteiger partial charge in [0.15, 0.2) is 0 Å². The van der Waals surface area contributed by atoms with Gasteiger partial charge in [-0.05, 0) is 30.4 Å². The van der Waals surface area contributed by atoms with Crippen LogP contribution in [-0.4, -0.2) is 41.6 Å². The molecule has 0 bridgehead atoms. The van der Waals surface area contributed by atoms with E-state index in [0.29, 0.717) is 12.6 Å². The second-order valence-electron chi connectivity index (χ2n) is 7.23. The molecule has 1 aliphatic rings. The third-order valence-electron chi connectivity index (χ3n) is 5.06. The molecule has 144 valence electrons. The topological polar surface area (TPSA) is 32.8 Å². The molecule has 0 spiro atoms. The van der Waals surface area contributed by atoms with Crippen molar-refractivity contribution in [3.8, 4) is 0 Å². The molecule has 4 heteroatoms. The number of hydrogen-bond acceptors (Lipinski definition) is 3. The lowest BCUT2D eigenvalue weighted by Crippen LogP contribution is -2.49. The lowest BCUT2D eigenvalue weighted by molar-refractivity contribution is 0.0593. The summed E-state index contributed by atoms with van der Waals surface area (Å²) in [5.41, 5.74) is 2.61. The van der Waals surface area contributed by atoms with E-state index in [0.717, 1.165) is 45.4 Å². The molecule has 27 heavy (non-hydrogen) atoms. The third-order valence-corrected chi connectivity index (χ3v) is 5.06. The summed E-state index contributed by atoms with van der Waals surface area (Å²) in [4.78, 5) is 16.7. The van der Waals surface area contributed by atoms with Crippen molar-refractivity contribution < 1.29 is 9.53 Å². The quantitative estimate of drug-likeness (QED) is 0.712. The Morgan fingerprint density at radius 2 is 1.63 bits per heavy atom. The SMILES string of the molecule is CCCOC(=O)N1CCCC(N(Cc2ccccc2)Cc2ccccc2)C1. The van der Waals surface area contributed by atoms with Gasteiger partial charge in [0.1, 0.15) is 0 Å². The summed E-state index contributed by atoms with van der Waals surface area (Å²) in [5.74, 6) is 0. The number of nitrogens with zero attached hydrogens (tertiary/aromatic N) is 2. The lowest BCUT2D eigenvalue weighted by Gasteiger charge is -2.39. The highest BCUT2D eigenvalue weighted by Gasteiger charge is 2.28. The van der Waals surface area contributed by atoms with Gasteiger partial charge in [0, 0.05) is 32.2 Å². The van der Waals surface area contributed by atoms with Gasteiger partial charge in [-0.2, -0.15) is 0 Å². The van der Waals surface area contributed by atoms with E-state index in [2.05, 4.69) is 65.6 Å². The fourth-order valence-corrected chi connectivity index (χ4v) is 3.65. The van der Waals surface area contributed by atoms with Crippen LogP contribution >= 0.6 is 0 Å². The van der Waals surface area contributed by atoms with E-state index in [9.17, 15) is 4.79 Å². The molecule has 3 rings (SSSR count). The number of amides is 1. The first-order valence-corrected chi connectivity index (χ1v) is 10.00. The molecular weight excluding hydrogens is 336 g/mol. The molecule has 4 nitrogen and oxygen atoms in total. The Kier molecular flexibility index (Phi) is 7.28. The normalized spacial score (nSPS) is 17.1. The molecule has 0 aromatic heterocycles. The van der Waals surface area contributed by atoms with Crippen molar-refractivity contribution in [1.29, 1.82) is 0 Å². The Balaban J connectivity index is 1.71. The summed E-state index contributed by atoms with van der Waals surface area (Å²) in [5, 5.41) is 0. The molecule has 1 saturated heterocycles. The van der Waals surface area contributed by atoms with Gasteiger partial charge in [0.2, 0.25) is 0 Å². The van der Waals surface area contributed by atoms with Crippen LogP contribution in [0.15, 0.2) is 60.7 Å². The molecular formula is C23H30N2O2. The highest BCUT2D eigenvalue weighted by molar-refractivity contribution is 5.67. The van der Waals surface area contributed by atoms with Crippen molar-refractivity contribution in [1.82, 2.24) is 9.80 Å². The summed E-state index contributed by atoms with van der Waals surface area (Å²) in [6.07, 6.45) is 2.82. The van der Waals surface area contributed by atoms with Gasteiger partial charge >= 0.3 is 6.09 Å². The lowest BCUT2D eigenvalue weighted by atomic mass is 10.0. The zero-order valence-electron chi connectivity index (χ0n) is 16.2. The maximum Gasteiger partial charge on any atom is 0.409 e. The monoisotopic (exact) mass is 366 g/mol. The first-order chi connectivity index (χ1) is 13.3. The minimum Gasteiger partial charge on any atom is -0.449 e. The van der Waals surface area contributed by atoms with Crippen molar-refractivity contribution in [3.05, 3.63) is 71.8 Å². The number of carbonyl (C=O) groups is 1. The zero-order valence-corrected chi connectivity index (χ0v) is 16.2. The van der Waals surface area contributed by atoms with Gasteiger partial charge in [0.25, 0.3) is 0 Å². The Morgan fingerprint density at radius 1 is 1.04 bits per heavy atom. The average Bonchev–Trinajstić information content (AvgIpc) is 2.73. The number of piperidine rings is 1. The van der Waals surface area contributed by atoms with Crippen LogP contribution in [0, 0.1) is 0 Å². The van der Waals surface area contributed by atoms with Crippen molar-refractivity contribution in [2.24, 2.45) is 0 Å². The van der Waals surface area contributed by atoms with Gasteiger partial charge in [-0.25, -0.2) is 4.79 Å². The van der Waals surface area contributed by atoms with E-state index < -0.39 is 0 Å². The van der Waals surface area contributed by atoms with E-state index >= 15 is 0 Å². The number of likely N-dealkylation sites (tertiary alicyclic amines) is 1. The summed E-state index contributed by atoms with van der Waals surface area (Å²) >= 11 is 0. The Labute approximate surface area is 162 Å². The Hall–Kier alpha value is -2.33. The highest BCUT2D eigenvalue weighted by atomic mass is 16.6. The second kappa shape index (κ2) is 10.1. The van der Waals surface area contributed by atoms with Crippen LogP contribution in [0.25, 0.3) is 0 Å². The van der Waals surface area contributed by atoms with Gasteiger partial charge in [-0.3, -0.25) is 4.90 Å². The van der Waals surface area contributed by atoms with E-state index in [4.69, 9.17) is 4.74 Å². The number of benzene rings is 2. The van der Waals surface area contributed by atoms with Crippen molar-refractivity contribution in [2.75, 3.05) is 19.7 Å². The first kappa shape index (κ1) is 19.4. The fraction of sp³-hybridized carbons (Fsp3) is 0.435. The smallest absolute Gasteiger partial charge is 0.409 e. The number of ether oxygens (including phenoxy) is 1. The molecule has 1 atom stereocenters. The number of rotatable bonds is 7. The average molecular weight is 367 g/mol. The van der Waals surface area contributed by atoms with Gasteiger partial charge in [-0.1, -0.05) is 67.6 Å². The molecule has 0 aliphatic carbocycles. The summed E-state index contributed by atoms with van der Waals surface area (Å²) in [6.45, 7) is 5.83. The van der Waals surface area contributed by atoms with Crippen molar-refractivity contribution in [3.63, 3.8) is 0 Å². The van der Waals surface area contributed by atoms with Crippen LogP contribution in [-0.2, 0) is 17.8 Å². The molecule has 1 fully saturated rings. The number of carbonyl (C=O) groups excluding carboxylic acids is 1. The maximum atomic E-state index is 12.3. The van der Waals surface area contributed by atoms with Gasteiger partial charge in [0.05, 0.1) is 6.61 Å². The van der Waals surface area contributed by atoms with E-state index in [1.54, 1.807) is 0 Å². The van der Waals surface area contributed by atoms with E-state index in [-0.39, 0.29) is 6.09 Å². The molecule has 1 aliphatic heterocycles. The van der Waals surface area contributed by atoms with Crippen LogP contribution in [0.1, 0.15) is 37.3 Å². The van der Waals surface area contributed by atoms with E-state index in [1.807, 2.05) is 11.8 Å². The zero-order chi connectivity index (χ0) is 18.9. The summed E-state index contributed by atoms with van der Waals surface area (Å²) < 4.78 is 5.36. The first-order valence-electron chi connectivity index (χ1n) is 10.00. The molecule has 1 heterocycles. The summed E-state index contributed by atoms with van der Waals surface area (Å²) in [7, 11) is 0. The third kappa shape index (κ3) is 5.83. The minimum atomic E-state index is -0.166. The molecule has 0 N–H and O–H groups in total. The van der Waals surface area contributed by atoms with Crippen molar-refractivity contribution >= 4 is 6.09 Å². The Bertz CT molecular complexity index is 649. The summed E-state index contributed by atoms with van der Waals surface area (Å²) in [6, 6.07) is 21.5.